The second-order valence-corrected chi connectivity index (χ2v) is 4.25. The average Bonchev–Trinajstić information content (AvgIpc) is 3.10. The number of rotatable bonds is 1. The topological polar surface area (TPSA) is 78.8 Å². The van der Waals surface area contributed by atoms with Crippen molar-refractivity contribution >= 4 is 16.6 Å². The van der Waals surface area contributed by atoms with Crippen molar-refractivity contribution in [3.05, 3.63) is 53.2 Å². The van der Waals surface area contributed by atoms with Gasteiger partial charge in [0.15, 0.2) is 5.82 Å². The van der Waals surface area contributed by atoms with Crippen LogP contribution in [0.2, 0.25) is 0 Å². The molecule has 4 aromatic rings. The summed E-state index contributed by atoms with van der Waals surface area (Å²) in [5, 5.41) is 7.77. The van der Waals surface area contributed by atoms with Crippen LogP contribution < -0.4 is 5.56 Å². The number of aromatic nitrogens is 5. The van der Waals surface area contributed by atoms with Gasteiger partial charge in [0.05, 0.1) is 11.0 Å². The van der Waals surface area contributed by atoms with Crippen LogP contribution in [0.25, 0.3) is 27.9 Å². The van der Waals surface area contributed by atoms with Crippen LogP contribution in [0.4, 0.5) is 0 Å². The van der Waals surface area contributed by atoms with Crippen molar-refractivity contribution in [1.82, 2.24) is 24.6 Å². The van der Waals surface area contributed by atoms with Gasteiger partial charge in [-0.15, -0.1) is 10.2 Å². The molecule has 1 aromatic carbocycles. The molecule has 0 saturated carbocycles. The Kier molecular flexibility index (Phi) is 1.88. The third-order valence-electron chi connectivity index (χ3n) is 3.19. The molecule has 0 saturated heterocycles. The van der Waals surface area contributed by atoms with E-state index in [2.05, 4.69) is 20.2 Å². The van der Waals surface area contributed by atoms with Crippen LogP contribution in [0.5, 0.6) is 0 Å². The van der Waals surface area contributed by atoms with Gasteiger partial charge >= 0.3 is 0 Å². The molecule has 0 bridgehead atoms. The Morgan fingerprint density at radius 1 is 1.11 bits per heavy atom. The van der Waals surface area contributed by atoms with Gasteiger partial charge < -0.3 is 14.4 Å². The fourth-order valence-electron chi connectivity index (χ4n) is 2.36. The number of fused-ring (bicyclic) bond motifs is 3. The lowest BCUT2D eigenvalue weighted by atomic mass is 10.1. The van der Waals surface area contributed by atoms with Crippen molar-refractivity contribution in [3.63, 3.8) is 0 Å². The molecule has 3 aromatic heterocycles. The molecule has 0 spiro atoms. The predicted octanol–water partition coefficient (Wildman–Crippen LogP) is 1.57. The Balaban J connectivity index is 2.23. The van der Waals surface area contributed by atoms with E-state index >= 15 is 0 Å². The molecule has 0 radical (unpaired) electrons. The summed E-state index contributed by atoms with van der Waals surface area (Å²) in [6.07, 6.45) is 3.39. The molecule has 0 unspecified atom stereocenters. The summed E-state index contributed by atoms with van der Waals surface area (Å²) in [5.74, 6) is 0.632. The van der Waals surface area contributed by atoms with E-state index in [-0.39, 0.29) is 5.56 Å². The first-order valence-electron chi connectivity index (χ1n) is 5.83. The number of benzene rings is 1. The molecule has 92 valence electrons. The number of hydrogen-bond donors (Lipinski definition) is 2. The van der Waals surface area contributed by atoms with Gasteiger partial charge in [-0.25, -0.2) is 0 Å². The lowest BCUT2D eigenvalue weighted by Gasteiger charge is -2.06. The van der Waals surface area contributed by atoms with Crippen molar-refractivity contribution in [2.24, 2.45) is 0 Å². The Labute approximate surface area is 106 Å². The molecule has 0 aliphatic carbocycles. The lowest BCUT2D eigenvalue weighted by molar-refractivity contribution is 1.09. The quantitative estimate of drug-likeness (QED) is 0.539. The van der Waals surface area contributed by atoms with Gasteiger partial charge in [0.25, 0.3) is 5.56 Å². The zero-order valence-corrected chi connectivity index (χ0v) is 9.79. The van der Waals surface area contributed by atoms with Gasteiger partial charge in [-0.05, 0) is 24.3 Å². The third-order valence-corrected chi connectivity index (χ3v) is 3.19. The molecule has 2 N–H and O–H groups in total. The first kappa shape index (κ1) is 10.1. The van der Waals surface area contributed by atoms with Crippen molar-refractivity contribution < 1.29 is 0 Å². The van der Waals surface area contributed by atoms with Crippen LogP contribution in [0, 0.1) is 0 Å². The maximum atomic E-state index is 12.1. The standard InChI is InChI=1S/C13H9N5O/c19-13-10-5-2-6-18(10)9-4-1-3-8(11(9)16-13)12-14-7-15-17-12/h1-7H,(H,16,19)(H,14,15,17). The van der Waals surface area contributed by atoms with Crippen LogP contribution in [0.1, 0.15) is 0 Å². The molecule has 6 heteroatoms. The second-order valence-electron chi connectivity index (χ2n) is 4.25. The summed E-state index contributed by atoms with van der Waals surface area (Å²) < 4.78 is 1.87. The number of para-hydroxylation sites is 1. The zero-order valence-electron chi connectivity index (χ0n) is 9.79. The van der Waals surface area contributed by atoms with Gasteiger partial charge in [0.1, 0.15) is 11.8 Å². The smallest absolute Gasteiger partial charge is 0.272 e. The van der Waals surface area contributed by atoms with Crippen molar-refractivity contribution in [2.45, 2.75) is 0 Å². The van der Waals surface area contributed by atoms with Crippen molar-refractivity contribution in [2.75, 3.05) is 0 Å². The van der Waals surface area contributed by atoms with Crippen molar-refractivity contribution in [3.8, 4) is 11.4 Å². The van der Waals surface area contributed by atoms with Gasteiger partial charge in [0.2, 0.25) is 0 Å². The number of aromatic amines is 2. The Morgan fingerprint density at radius 3 is 2.84 bits per heavy atom. The summed E-state index contributed by atoms with van der Waals surface area (Å²) in [6.45, 7) is 0. The molecule has 0 amide bonds. The highest BCUT2D eigenvalue weighted by molar-refractivity contribution is 5.91. The molecule has 4 rings (SSSR count). The summed E-state index contributed by atoms with van der Waals surface area (Å²) >= 11 is 0. The fourth-order valence-corrected chi connectivity index (χ4v) is 2.36. The van der Waals surface area contributed by atoms with Gasteiger partial charge in [-0.3, -0.25) is 4.79 Å². The highest BCUT2D eigenvalue weighted by Gasteiger charge is 2.10. The zero-order chi connectivity index (χ0) is 12.8. The maximum Gasteiger partial charge on any atom is 0.272 e. The van der Waals surface area contributed by atoms with Gasteiger partial charge in [-0.1, -0.05) is 6.07 Å². The number of nitrogens with zero attached hydrogens (tertiary/aromatic N) is 3. The largest absolute Gasteiger partial charge is 0.327 e. The first-order chi connectivity index (χ1) is 9.34. The minimum atomic E-state index is -0.121. The van der Waals surface area contributed by atoms with Crippen LogP contribution in [0.15, 0.2) is 47.7 Å². The minimum Gasteiger partial charge on any atom is -0.327 e. The predicted molar refractivity (Wildman–Crippen MR) is 70.9 cm³/mol. The molecule has 0 aliphatic rings. The van der Waals surface area contributed by atoms with E-state index in [1.54, 1.807) is 6.07 Å². The summed E-state index contributed by atoms with van der Waals surface area (Å²) in [7, 11) is 0. The normalized spacial score (nSPS) is 11.4. The molecular formula is C13H9N5O. The Morgan fingerprint density at radius 2 is 2.00 bits per heavy atom. The van der Waals surface area contributed by atoms with Gasteiger partial charge in [-0.2, -0.15) is 0 Å². The van der Waals surface area contributed by atoms with E-state index in [0.29, 0.717) is 11.3 Å². The maximum absolute atomic E-state index is 12.1. The Hall–Kier alpha value is -2.89. The van der Waals surface area contributed by atoms with Crippen LogP contribution in [-0.2, 0) is 0 Å². The highest BCUT2D eigenvalue weighted by atomic mass is 16.1. The van der Waals surface area contributed by atoms with Crippen LogP contribution in [0.3, 0.4) is 0 Å². The minimum absolute atomic E-state index is 0.121. The van der Waals surface area contributed by atoms with Crippen molar-refractivity contribution in [1.29, 1.82) is 0 Å². The molecule has 0 aliphatic heterocycles. The second kappa shape index (κ2) is 3.55. The van der Waals surface area contributed by atoms with E-state index in [1.165, 1.54) is 6.33 Å². The van der Waals surface area contributed by atoms with E-state index in [4.69, 9.17) is 0 Å². The van der Waals surface area contributed by atoms with E-state index in [0.717, 1.165) is 16.6 Å². The molecule has 0 atom stereocenters. The number of hydrogen-bond acceptors (Lipinski definition) is 3. The molecular weight excluding hydrogens is 242 g/mol. The SMILES string of the molecule is O=c1[nH]c2c(-c3nnc[nH]3)cccc2n2cccc12. The molecule has 3 heterocycles. The van der Waals surface area contributed by atoms with E-state index in [1.807, 2.05) is 34.9 Å². The van der Waals surface area contributed by atoms with Gasteiger partial charge in [0, 0.05) is 11.8 Å². The Bertz CT molecular complexity index is 933. The number of H-pyrrole nitrogens is 2. The summed E-state index contributed by atoms with van der Waals surface area (Å²) in [4.78, 5) is 17.9. The molecule has 19 heavy (non-hydrogen) atoms. The lowest BCUT2D eigenvalue weighted by Crippen LogP contribution is -2.10. The summed E-state index contributed by atoms with van der Waals surface area (Å²) in [6, 6.07) is 9.43. The fraction of sp³-hybridized carbons (Fsp3) is 0. The molecule has 6 nitrogen and oxygen atoms in total. The highest BCUT2D eigenvalue weighted by Crippen LogP contribution is 2.23. The molecule has 0 fully saturated rings. The average molecular weight is 251 g/mol. The monoisotopic (exact) mass is 251 g/mol. The number of nitrogens with one attached hydrogen (secondary N) is 2. The van der Waals surface area contributed by atoms with Crippen LogP contribution >= 0.6 is 0 Å². The van der Waals surface area contributed by atoms with Crippen LogP contribution in [-0.4, -0.2) is 24.6 Å². The first-order valence-corrected chi connectivity index (χ1v) is 5.83. The third kappa shape index (κ3) is 1.33. The van der Waals surface area contributed by atoms with E-state index in [9.17, 15) is 4.79 Å². The summed E-state index contributed by atoms with van der Waals surface area (Å²) in [5.41, 5.74) is 3.00. The van der Waals surface area contributed by atoms with E-state index < -0.39 is 0 Å².